The highest BCUT2D eigenvalue weighted by Gasteiger charge is 1.99. The molecule has 0 aliphatic rings. The first-order valence-electron chi connectivity index (χ1n) is 4.06. The monoisotopic (exact) mass is 206 g/mol. The van der Waals surface area contributed by atoms with Gasteiger partial charge < -0.3 is 10.2 Å². The number of aliphatic carboxylic acids is 2. The van der Waals surface area contributed by atoms with Crippen LogP contribution in [0.3, 0.4) is 0 Å². The van der Waals surface area contributed by atoms with Gasteiger partial charge in [0, 0.05) is 30.5 Å². The van der Waals surface area contributed by atoms with Crippen molar-refractivity contribution in [2.24, 2.45) is 0 Å². The van der Waals surface area contributed by atoms with Crippen LogP contribution in [-0.2, 0) is 9.59 Å². The second kappa shape index (κ2) is 7.05. The smallest absolute Gasteiger partial charge is 0.303 e. The molecule has 0 atom stereocenters. The molecule has 0 saturated heterocycles. The summed E-state index contributed by atoms with van der Waals surface area (Å²) in [5, 5.41) is 16.6. The second-order valence-corrected chi connectivity index (χ2v) is 9.57. The minimum Gasteiger partial charge on any atom is -0.481 e. The van der Waals surface area contributed by atoms with Crippen LogP contribution in [0, 0.1) is 0 Å². The molecule has 0 radical (unpaired) electrons. The van der Waals surface area contributed by atoms with Crippen molar-refractivity contribution in [3.8, 4) is 0 Å². The molecule has 0 fully saturated rings. The van der Waals surface area contributed by atoms with E-state index in [1.807, 2.05) is 0 Å². The average Bonchev–Trinajstić information content (AvgIpc) is 1.95. The summed E-state index contributed by atoms with van der Waals surface area (Å²) in [5.74, 6) is -1.43. The first-order valence-corrected chi connectivity index (χ1v) is 10.1. The van der Waals surface area contributed by atoms with E-state index in [1.54, 1.807) is 0 Å². The molecule has 0 aromatic rings. The summed E-state index contributed by atoms with van der Waals surface area (Å²) in [7, 11) is -0.514. The predicted octanol–water partition coefficient (Wildman–Crippen LogP) is -0.975. The van der Waals surface area contributed by atoms with Crippen LogP contribution in [0.15, 0.2) is 0 Å². The summed E-state index contributed by atoms with van der Waals surface area (Å²) in [5.41, 5.74) is 0. The number of hydrogen-bond donors (Lipinski definition) is 2. The topological polar surface area (TPSA) is 74.6 Å². The standard InChI is InChI=1S/C6H14O4Si2/c7-5(8)2-1-3-11-12-4-6(9)10/h1-4,11-12H2,(H,7,8)(H,9,10). The van der Waals surface area contributed by atoms with Gasteiger partial charge in [-0.3, -0.25) is 9.59 Å². The third-order valence-corrected chi connectivity index (χ3v) is 7.87. The molecule has 0 aromatic carbocycles. The molecule has 12 heavy (non-hydrogen) atoms. The van der Waals surface area contributed by atoms with Gasteiger partial charge in [0.2, 0.25) is 0 Å². The van der Waals surface area contributed by atoms with E-state index in [0.717, 1.165) is 12.5 Å². The van der Waals surface area contributed by atoms with E-state index >= 15 is 0 Å². The molecule has 4 nitrogen and oxygen atoms in total. The molecule has 2 N–H and O–H groups in total. The van der Waals surface area contributed by atoms with Crippen LogP contribution in [-0.4, -0.2) is 40.2 Å². The maximum absolute atomic E-state index is 10.1. The Labute approximate surface area is 75.4 Å². The number of rotatable bonds is 7. The Balaban J connectivity index is 3.01. The highest BCUT2D eigenvalue weighted by atomic mass is 29.1. The lowest BCUT2D eigenvalue weighted by atomic mass is 10.3. The molecule has 0 bridgehead atoms. The van der Waals surface area contributed by atoms with Crippen LogP contribution in [0.5, 0.6) is 0 Å². The average molecular weight is 206 g/mol. The zero-order valence-electron chi connectivity index (χ0n) is 6.95. The molecule has 0 rings (SSSR count). The van der Waals surface area contributed by atoms with Crippen molar-refractivity contribution in [2.75, 3.05) is 0 Å². The Kier molecular flexibility index (Phi) is 6.68. The van der Waals surface area contributed by atoms with Crippen molar-refractivity contribution in [3.63, 3.8) is 0 Å². The number of hydrogen-bond acceptors (Lipinski definition) is 2. The first-order chi connectivity index (χ1) is 5.63. The lowest BCUT2D eigenvalue weighted by Crippen LogP contribution is -2.08. The molecule has 0 amide bonds. The minimum atomic E-state index is -0.746. The van der Waals surface area contributed by atoms with Gasteiger partial charge in [0.25, 0.3) is 5.97 Å². The van der Waals surface area contributed by atoms with Gasteiger partial charge in [0.15, 0.2) is 0 Å². The Hall–Kier alpha value is -0.626. The highest BCUT2D eigenvalue weighted by Crippen LogP contribution is 1.94. The summed E-state index contributed by atoms with van der Waals surface area (Å²) in [6.07, 6.45) is 0.989. The summed E-state index contributed by atoms with van der Waals surface area (Å²) < 4.78 is 0. The number of carboxylic acid groups (broad SMARTS) is 2. The lowest BCUT2D eigenvalue weighted by molar-refractivity contribution is -0.137. The quantitative estimate of drug-likeness (QED) is 0.415. The zero-order valence-corrected chi connectivity index (χ0v) is 9.78. The normalized spacial score (nSPS) is 11.7. The van der Waals surface area contributed by atoms with Crippen LogP contribution in [0.1, 0.15) is 12.8 Å². The van der Waals surface area contributed by atoms with Gasteiger partial charge >= 0.3 is 5.97 Å². The van der Waals surface area contributed by atoms with Crippen LogP contribution < -0.4 is 0 Å². The maximum atomic E-state index is 10.1. The van der Waals surface area contributed by atoms with Gasteiger partial charge in [-0.25, -0.2) is 0 Å². The zero-order chi connectivity index (χ0) is 9.40. The summed E-state index contributed by atoms with van der Waals surface area (Å²) >= 11 is 0. The summed E-state index contributed by atoms with van der Waals surface area (Å²) in [4.78, 5) is 20.2. The molecule has 0 spiro atoms. The van der Waals surface area contributed by atoms with Crippen molar-refractivity contribution in [3.05, 3.63) is 0 Å². The fraction of sp³-hybridized carbons (Fsp3) is 0.667. The van der Waals surface area contributed by atoms with Crippen LogP contribution >= 0.6 is 0 Å². The molecule has 70 valence electrons. The predicted molar refractivity (Wildman–Crippen MR) is 51.2 cm³/mol. The third-order valence-electron chi connectivity index (χ3n) is 1.53. The van der Waals surface area contributed by atoms with Crippen LogP contribution in [0.25, 0.3) is 0 Å². The molecule has 0 saturated carbocycles. The fourth-order valence-electron chi connectivity index (χ4n) is 0.906. The molecular weight excluding hydrogens is 192 g/mol. The van der Waals surface area contributed by atoms with Crippen molar-refractivity contribution in [1.82, 2.24) is 0 Å². The molecular formula is C6H14O4Si2. The van der Waals surface area contributed by atoms with Gasteiger partial charge in [-0.05, 0) is 6.42 Å². The largest absolute Gasteiger partial charge is 0.481 e. The van der Waals surface area contributed by atoms with Crippen LogP contribution in [0.4, 0.5) is 0 Å². The molecule has 0 heterocycles. The van der Waals surface area contributed by atoms with Crippen LogP contribution in [0.2, 0.25) is 12.1 Å². The summed E-state index contributed by atoms with van der Waals surface area (Å²) in [6, 6.07) is 1.39. The van der Waals surface area contributed by atoms with Gasteiger partial charge in [-0.15, -0.1) is 0 Å². The Morgan fingerprint density at radius 1 is 1.08 bits per heavy atom. The molecule has 0 aliphatic carbocycles. The van der Waals surface area contributed by atoms with E-state index in [4.69, 9.17) is 10.2 Å². The molecule has 0 aromatic heterocycles. The van der Waals surface area contributed by atoms with Crippen molar-refractivity contribution in [2.45, 2.75) is 24.9 Å². The Bertz CT molecular complexity index is 142. The lowest BCUT2D eigenvalue weighted by Gasteiger charge is -1.94. The Morgan fingerprint density at radius 3 is 2.25 bits per heavy atom. The maximum Gasteiger partial charge on any atom is 0.303 e. The van der Waals surface area contributed by atoms with Gasteiger partial charge in [0.1, 0.15) is 0 Å². The molecule has 6 heteroatoms. The van der Waals surface area contributed by atoms with Gasteiger partial charge in [-0.1, -0.05) is 6.04 Å². The molecule has 0 unspecified atom stereocenters. The number of carbonyl (C=O) groups is 2. The van der Waals surface area contributed by atoms with Crippen molar-refractivity contribution < 1.29 is 19.8 Å². The Morgan fingerprint density at radius 2 is 1.75 bits per heavy atom. The van der Waals surface area contributed by atoms with E-state index in [0.29, 0.717) is 6.04 Å². The van der Waals surface area contributed by atoms with E-state index in [-0.39, 0.29) is 24.5 Å². The SMILES string of the molecule is O=C(O)CCC[SiH2][SiH2]CC(=O)O. The second-order valence-electron chi connectivity index (χ2n) is 2.70. The highest BCUT2D eigenvalue weighted by molar-refractivity contribution is 7.01. The van der Waals surface area contributed by atoms with Gasteiger partial charge in [-0.2, -0.15) is 0 Å². The van der Waals surface area contributed by atoms with Crippen molar-refractivity contribution >= 4 is 30.0 Å². The van der Waals surface area contributed by atoms with E-state index in [1.165, 1.54) is 0 Å². The van der Waals surface area contributed by atoms with Crippen molar-refractivity contribution in [1.29, 1.82) is 0 Å². The van der Waals surface area contributed by atoms with E-state index < -0.39 is 11.9 Å². The molecule has 0 aliphatic heterocycles. The van der Waals surface area contributed by atoms with E-state index in [2.05, 4.69) is 0 Å². The minimum absolute atomic E-state index is 0.180. The van der Waals surface area contributed by atoms with Gasteiger partial charge in [0.05, 0.1) is 0 Å². The summed E-state index contributed by atoms with van der Waals surface area (Å²) in [6.45, 7) is 0. The first kappa shape index (κ1) is 11.4. The van der Waals surface area contributed by atoms with E-state index in [9.17, 15) is 9.59 Å². The number of carboxylic acids is 2. The fourth-order valence-corrected chi connectivity index (χ4v) is 6.19. The third kappa shape index (κ3) is 9.37.